The van der Waals surface area contributed by atoms with Gasteiger partial charge in [-0.1, -0.05) is 11.1 Å². The first-order chi connectivity index (χ1) is 5.95. The van der Waals surface area contributed by atoms with Crippen LogP contribution < -0.4 is 0 Å². The van der Waals surface area contributed by atoms with Crippen LogP contribution in [0, 0.1) is 11.8 Å². The van der Waals surface area contributed by atoms with Crippen molar-refractivity contribution in [2.45, 2.75) is 51.4 Å². The molecule has 0 amide bonds. The second-order valence-corrected chi connectivity index (χ2v) is 4.81. The van der Waals surface area contributed by atoms with E-state index < -0.39 is 0 Å². The van der Waals surface area contributed by atoms with E-state index in [2.05, 4.69) is 0 Å². The van der Waals surface area contributed by atoms with E-state index in [0.717, 1.165) is 11.8 Å². The van der Waals surface area contributed by atoms with Crippen molar-refractivity contribution < 1.29 is 0 Å². The molecule has 0 N–H and O–H groups in total. The number of hydrogen-bond donors (Lipinski definition) is 0. The molecule has 3 rings (SSSR count). The Morgan fingerprint density at radius 2 is 1.33 bits per heavy atom. The minimum Gasteiger partial charge on any atom is -0.0704 e. The summed E-state index contributed by atoms with van der Waals surface area (Å²) in [6.07, 6.45) is 12.0. The summed E-state index contributed by atoms with van der Waals surface area (Å²) in [4.78, 5) is 0. The lowest BCUT2D eigenvalue weighted by molar-refractivity contribution is 0.813. The fourth-order valence-corrected chi connectivity index (χ4v) is 2.79. The third kappa shape index (κ3) is 1.22. The summed E-state index contributed by atoms with van der Waals surface area (Å²) < 4.78 is 0. The van der Waals surface area contributed by atoms with Gasteiger partial charge in [-0.15, -0.1) is 0 Å². The normalized spacial score (nSPS) is 29.5. The van der Waals surface area contributed by atoms with E-state index in [1.807, 2.05) is 11.1 Å². The van der Waals surface area contributed by atoms with E-state index in [1.54, 1.807) is 0 Å². The molecular formula is C12H18. The van der Waals surface area contributed by atoms with E-state index in [9.17, 15) is 0 Å². The highest BCUT2D eigenvalue weighted by Crippen LogP contribution is 2.52. The van der Waals surface area contributed by atoms with Crippen LogP contribution in [0.4, 0.5) is 0 Å². The van der Waals surface area contributed by atoms with Gasteiger partial charge in [0.1, 0.15) is 0 Å². The second kappa shape index (κ2) is 2.61. The van der Waals surface area contributed by atoms with E-state index in [4.69, 9.17) is 0 Å². The quantitative estimate of drug-likeness (QED) is 0.543. The molecule has 0 bridgehead atoms. The van der Waals surface area contributed by atoms with Gasteiger partial charge in [0.15, 0.2) is 0 Å². The third-order valence-corrected chi connectivity index (χ3v) is 3.65. The molecule has 0 heteroatoms. The molecular weight excluding hydrogens is 144 g/mol. The predicted octanol–water partition coefficient (Wildman–Crippen LogP) is 3.68. The summed E-state index contributed by atoms with van der Waals surface area (Å²) in [6.45, 7) is 0. The average Bonchev–Trinajstić information content (AvgIpc) is 2.95. The molecule has 0 heterocycles. The summed E-state index contributed by atoms with van der Waals surface area (Å²) in [5, 5.41) is 0. The van der Waals surface area contributed by atoms with Crippen molar-refractivity contribution in [3.8, 4) is 0 Å². The molecule has 3 aliphatic rings. The zero-order valence-corrected chi connectivity index (χ0v) is 7.81. The van der Waals surface area contributed by atoms with Gasteiger partial charge in [0.25, 0.3) is 0 Å². The van der Waals surface area contributed by atoms with Crippen LogP contribution in [0.15, 0.2) is 11.1 Å². The average molecular weight is 162 g/mol. The van der Waals surface area contributed by atoms with Gasteiger partial charge in [-0.2, -0.15) is 0 Å². The Bertz CT molecular complexity index is 194. The van der Waals surface area contributed by atoms with Gasteiger partial charge in [0.2, 0.25) is 0 Å². The Morgan fingerprint density at radius 1 is 0.833 bits per heavy atom. The van der Waals surface area contributed by atoms with E-state index in [0.29, 0.717) is 0 Å². The molecule has 0 radical (unpaired) electrons. The topological polar surface area (TPSA) is 0 Å². The molecule has 3 fully saturated rings. The lowest BCUT2D eigenvalue weighted by Gasteiger charge is -2.08. The van der Waals surface area contributed by atoms with Crippen molar-refractivity contribution in [1.82, 2.24) is 0 Å². The third-order valence-electron chi connectivity index (χ3n) is 3.65. The van der Waals surface area contributed by atoms with Crippen LogP contribution in [0.1, 0.15) is 51.4 Å². The second-order valence-electron chi connectivity index (χ2n) is 4.81. The Hall–Kier alpha value is -0.260. The SMILES string of the molecule is C1CCC(=C(C2CC2)C2CC2)C1. The van der Waals surface area contributed by atoms with Crippen LogP contribution in [0.5, 0.6) is 0 Å². The van der Waals surface area contributed by atoms with Crippen molar-refractivity contribution in [2.75, 3.05) is 0 Å². The number of hydrogen-bond acceptors (Lipinski definition) is 0. The van der Waals surface area contributed by atoms with Crippen LogP contribution in [-0.2, 0) is 0 Å². The van der Waals surface area contributed by atoms with Gasteiger partial charge >= 0.3 is 0 Å². The zero-order valence-electron chi connectivity index (χ0n) is 7.81. The molecule has 0 aromatic carbocycles. The van der Waals surface area contributed by atoms with Gasteiger partial charge in [-0.25, -0.2) is 0 Å². The largest absolute Gasteiger partial charge is 0.0704 e. The maximum Gasteiger partial charge on any atom is -0.0197 e. The molecule has 0 spiro atoms. The molecule has 3 aliphatic carbocycles. The van der Waals surface area contributed by atoms with E-state index in [-0.39, 0.29) is 0 Å². The summed E-state index contributed by atoms with van der Waals surface area (Å²) >= 11 is 0. The van der Waals surface area contributed by atoms with Crippen molar-refractivity contribution in [3.05, 3.63) is 11.1 Å². The summed E-state index contributed by atoms with van der Waals surface area (Å²) in [5.41, 5.74) is 3.87. The van der Waals surface area contributed by atoms with Gasteiger partial charge in [-0.05, 0) is 63.2 Å². The fraction of sp³-hybridized carbons (Fsp3) is 0.833. The van der Waals surface area contributed by atoms with Crippen LogP contribution in [-0.4, -0.2) is 0 Å². The molecule has 0 aliphatic heterocycles. The lowest BCUT2D eigenvalue weighted by Crippen LogP contribution is -1.93. The minimum absolute atomic E-state index is 1.07. The van der Waals surface area contributed by atoms with Crippen molar-refractivity contribution >= 4 is 0 Å². The predicted molar refractivity (Wildman–Crippen MR) is 50.9 cm³/mol. The minimum atomic E-state index is 1.07. The number of rotatable bonds is 2. The highest BCUT2D eigenvalue weighted by Gasteiger charge is 2.38. The van der Waals surface area contributed by atoms with E-state index in [1.165, 1.54) is 51.4 Å². The van der Waals surface area contributed by atoms with Crippen molar-refractivity contribution in [3.63, 3.8) is 0 Å². The van der Waals surface area contributed by atoms with Gasteiger partial charge in [0.05, 0.1) is 0 Å². The van der Waals surface area contributed by atoms with Crippen LogP contribution >= 0.6 is 0 Å². The molecule has 0 aromatic rings. The van der Waals surface area contributed by atoms with Crippen LogP contribution in [0.25, 0.3) is 0 Å². The zero-order chi connectivity index (χ0) is 7.97. The lowest BCUT2D eigenvalue weighted by atomic mass is 9.98. The maximum atomic E-state index is 1.97. The van der Waals surface area contributed by atoms with Crippen molar-refractivity contribution in [2.24, 2.45) is 11.8 Å². The number of allylic oxidation sites excluding steroid dienone is 2. The first kappa shape index (κ1) is 7.17. The molecule has 66 valence electrons. The molecule has 0 aromatic heterocycles. The highest BCUT2D eigenvalue weighted by molar-refractivity contribution is 5.28. The van der Waals surface area contributed by atoms with Gasteiger partial charge in [0, 0.05) is 0 Å². The molecule has 0 nitrogen and oxygen atoms in total. The molecule has 3 saturated carbocycles. The Balaban J connectivity index is 1.86. The standard InChI is InChI=1S/C12H18/c1-2-4-9(3-1)12(10-5-6-10)11-7-8-11/h10-11H,1-8H2. The molecule has 0 atom stereocenters. The Morgan fingerprint density at radius 3 is 1.75 bits per heavy atom. The Labute approximate surface area is 75.0 Å². The monoisotopic (exact) mass is 162 g/mol. The first-order valence-electron chi connectivity index (χ1n) is 5.67. The fourth-order valence-electron chi connectivity index (χ4n) is 2.79. The molecule has 0 unspecified atom stereocenters. The molecule has 12 heavy (non-hydrogen) atoms. The van der Waals surface area contributed by atoms with Gasteiger partial charge < -0.3 is 0 Å². The van der Waals surface area contributed by atoms with Crippen LogP contribution in [0.2, 0.25) is 0 Å². The smallest absolute Gasteiger partial charge is 0.0197 e. The summed E-state index contributed by atoms with van der Waals surface area (Å²) in [6, 6.07) is 0. The van der Waals surface area contributed by atoms with E-state index >= 15 is 0 Å². The van der Waals surface area contributed by atoms with Gasteiger partial charge in [-0.3, -0.25) is 0 Å². The first-order valence-corrected chi connectivity index (χ1v) is 5.67. The highest BCUT2D eigenvalue weighted by atomic mass is 14.4. The van der Waals surface area contributed by atoms with Crippen LogP contribution in [0.3, 0.4) is 0 Å². The summed E-state index contributed by atoms with van der Waals surface area (Å²) in [5.74, 6) is 2.15. The maximum absolute atomic E-state index is 1.97. The summed E-state index contributed by atoms with van der Waals surface area (Å²) in [7, 11) is 0. The van der Waals surface area contributed by atoms with Crippen molar-refractivity contribution in [1.29, 1.82) is 0 Å². The molecule has 0 saturated heterocycles. The Kier molecular flexibility index (Phi) is 1.56.